The summed E-state index contributed by atoms with van der Waals surface area (Å²) in [6.07, 6.45) is 0. The van der Waals surface area contributed by atoms with Gasteiger partial charge < -0.3 is 10.2 Å². The number of nitrogens with one attached hydrogen (secondary N) is 1. The highest BCUT2D eigenvalue weighted by Gasteiger charge is 2.08. The summed E-state index contributed by atoms with van der Waals surface area (Å²) in [5.74, 6) is 0. The summed E-state index contributed by atoms with van der Waals surface area (Å²) in [6, 6.07) is 0. The molecule has 2 rings (SSSR count). The summed E-state index contributed by atoms with van der Waals surface area (Å²) in [6.45, 7) is 3.67. The van der Waals surface area contributed by atoms with E-state index in [0.717, 1.165) is 34.6 Å². The van der Waals surface area contributed by atoms with Crippen LogP contribution in [0.2, 0.25) is 0 Å². The van der Waals surface area contributed by atoms with Crippen molar-refractivity contribution in [2.24, 2.45) is 0 Å². The number of aromatic nitrogens is 2. The number of thiazole rings is 2. The van der Waals surface area contributed by atoms with Crippen molar-refractivity contribution in [2.75, 3.05) is 19.0 Å². The Morgan fingerprint density at radius 3 is 2.65 bits per heavy atom. The van der Waals surface area contributed by atoms with Gasteiger partial charge in [-0.25, -0.2) is 9.97 Å². The Hall–Kier alpha value is -0.980. The highest BCUT2D eigenvalue weighted by molar-refractivity contribution is 7.13. The van der Waals surface area contributed by atoms with Crippen LogP contribution < -0.4 is 10.2 Å². The molecule has 2 aromatic heterocycles. The standard InChI is InChI=1S/C11H16N4S2/c1-8-13-10(7-16-8)5-15(3)11-14-9(4-12-2)6-17-11/h6-7,12H,4-5H2,1-3H3. The molecule has 0 aliphatic heterocycles. The number of aryl methyl sites for hydroxylation is 1. The van der Waals surface area contributed by atoms with Gasteiger partial charge in [-0.15, -0.1) is 22.7 Å². The smallest absolute Gasteiger partial charge is 0.185 e. The SMILES string of the molecule is CNCc1csc(N(C)Cc2csc(C)n2)n1. The van der Waals surface area contributed by atoms with E-state index < -0.39 is 0 Å². The summed E-state index contributed by atoms with van der Waals surface area (Å²) in [5.41, 5.74) is 2.20. The van der Waals surface area contributed by atoms with E-state index in [4.69, 9.17) is 0 Å². The van der Waals surface area contributed by atoms with Crippen molar-refractivity contribution >= 4 is 27.8 Å². The van der Waals surface area contributed by atoms with Crippen LogP contribution in [0.5, 0.6) is 0 Å². The van der Waals surface area contributed by atoms with Crippen molar-refractivity contribution < 1.29 is 0 Å². The second-order valence-corrected chi connectivity index (χ2v) is 5.76. The van der Waals surface area contributed by atoms with Gasteiger partial charge in [-0.05, 0) is 14.0 Å². The average molecular weight is 268 g/mol. The van der Waals surface area contributed by atoms with Crippen molar-refractivity contribution in [3.8, 4) is 0 Å². The average Bonchev–Trinajstić information content (AvgIpc) is 2.88. The first kappa shape index (κ1) is 12.5. The van der Waals surface area contributed by atoms with Gasteiger partial charge in [0.2, 0.25) is 0 Å². The van der Waals surface area contributed by atoms with E-state index in [0.29, 0.717) is 0 Å². The molecule has 1 N–H and O–H groups in total. The minimum atomic E-state index is 0.816. The van der Waals surface area contributed by atoms with Crippen LogP contribution in [0, 0.1) is 6.92 Å². The van der Waals surface area contributed by atoms with Crippen LogP contribution in [0.4, 0.5) is 5.13 Å². The van der Waals surface area contributed by atoms with Crippen molar-refractivity contribution in [3.05, 3.63) is 27.2 Å². The Morgan fingerprint density at radius 2 is 2.00 bits per heavy atom. The van der Waals surface area contributed by atoms with Crippen LogP contribution in [0.25, 0.3) is 0 Å². The third-order valence-electron chi connectivity index (χ3n) is 2.29. The molecule has 4 nitrogen and oxygen atoms in total. The van der Waals surface area contributed by atoms with Crippen molar-refractivity contribution in [1.29, 1.82) is 0 Å². The molecular weight excluding hydrogens is 252 g/mol. The second-order valence-electron chi connectivity index (χ2n) is 3.87. The highest BCUT2D eigenvalue weighted by atomic mass is 32.1. The van der Waals surface area contributed by atoms with Gasteiger partial charge in [0, 0.05) is 24.4 Å². The van der Waals surface area contributed by atoms with Crippen LogP contribution in [0.3, 0.4) is 0 Å². The van der Waals surface area contributed by atoms with Crippen LogP contribution >= 0.6 is 22.7 Å². The summed E-state index contributed by atoms with van der Waals surface area (Å²) in [7, 11) is 3.98. The molecule has 17 heavy (non-hydrogen) atoms. The third-order valence-corrected chi connectivity index (χ3v) is 4.12. The van der Waals surface area contributed by atoms with E-state index in [1.807, 2.05) is 14.0 Å². The Balaban J connectivity index is 2.01. The van der Waals surface area contributed by atoms with Gasteiger partial charge in [0.1, 0.15) is 0 Å². The second kappa shape index (κ2) is 5.57. The molecule has 0 radical (unpaired) electrons. The van der Waals surface area contributed by atoms with Gasteiger partial charge in [-0.2, -0.15) is 0 Å². The Labute approximate surface area is 109 Å². The molecule has 2 heterocycles. The lowest BCUT2D eigenvalue weighted by Gasteiger charge is -2.13. The molecule has 2 aromatic rings. The topological polar surface area (TPSA) is 41.0 Å². The van der Waals surface area contributed by atoms with Crippen LogP contribution in [0.1, 0.15) is 16.4 Å². The first-order chi connectivity index (χ1) is 8.19. The molecule has 0 spiro atoms. The van der Waals surface area contributed by atoms with Crippen molar-refractivity contribution in [2.45, 2.75) is 20.0 Å². The first-order valence-corrected chi connectivity index (χ1v) is 7.16. The van der Waals surface area contributed by atoms with E-state index >= 15 is 0 Å². The minimum absolute atomic E-state index is 0.816. The fraction of sp³-hybridized carbons (Fsp3) is 0.455. The molecule has 0 aromatic carbocycles. The quantitative estimate of drug-likeness (QED) is 0.903. The summed E-state index contributed by atoms with van der Waals surface area (Å²) >= 11 is 3.36. The molecule has 0 aliphatic rings. The monoisotopic (exact) mass is 268 g/mol. The molecule has 0 amide bonds. The molecule has 6 heteroatoms. The highest BCUT2D eigenvalue weighted by Crippen LogP contribution is 2.21. The zero-order valence-electron chi connectivity index (χ0n) is 10.2. The van der Waals surface area contributed by atoms with Gasteiger partial charge in [0.15, 0.2) is 5.13 Å². The molecule has 0 unspecified atom stereocenters. The maximum absolute atomic E-state index is 4.56. The van der Waals surface area contributed by atoms with Gasteiger partial charge in [0.05, 0.1) is 22.9 Å². The van der Waals surface area contributed by atoms with Gasteiger partial charge >= 0.3 is 0 Å². The van der Waals surface area contributed by atoms with Gasteiger partial charge in [-0.1, -0.05) is 0 Å². The maximum Gasteiger partial charge on any atom is 0.185 e. The lowest BCUT2D eigenvalue weighted by atomic mass is 10.4. The van der Waals surface area contributed by atoms with E-state index in [1.165, 1.54) is 0 Å². The van der Waals surface area contributed by atoms with Crippen LogP contribution in [-0.4, -0.2) is 24.1 Å². The summed E-state index contributed by atoms with van der Waals surface area (Å²) in [4.78, 5) is 11.2. The third kappa shape index (κ3) is 3.24. The fourth-order valence-corrected chi connectivity index (χ4v) is 2.92. The Kier molecular flexibility index (Phi) is 4.09. The molecule has 0 aliphatic carbocycles. The van der Waals surface area contributed by atoms with Crippen LogP contribution in [-0.2, 0) is 13.1 Å². The Bertz CT molecular complexity index is 477. The number of hydrogen-bond acceptors (Lipinski definition) is 6. The largest absolute Gasteiger partial charge is 0.345 e. The van der Waals surface area contributed by atoms with Gasteiger partial charge in [-0.3, -0.25) is 0 Å². The zero-order valence-corrected chi connectivity index (χ0v) is 11.9. The van der Waals surface area contributed by atoms with E-state index in [2.05, 4.69) is 38.0 Å². The molecule has 0 saturated carbocycles. The van der Waals surface area contributed by atoms with E-state index in [9.17, 15) is 0 Å². The lowest BCUT2D eigenvalue weighted by molar-refractivity contribution is 0.791. The summed E-state index contributed by atoms with van der Waals surface area (Å²) < 4.78 is 0. The normalized spacial score (nSPS) is 10.8. The van der Waals surface area contributed by atoms with Crippen molar-refractivity contribution in [1.82, 2.24) is 15.3 Å². The van der Waals surface area contributed by atoms with Gasteiger partial charge in [0.25, 0.3) is 0 Å². The number of hydrogen-bond donors (Lipinski definition) is 1. The number of anilines is 1. The summed E-state index contributed by atoms with van der Waals surface area (Å²) in [5, 5.41) is 9.46. The molecule has 92 valence electrons. The number of nitrogens with zero attached hydrogens (tertiary/aromatic N) is 3. The molecule has 0 bridgehead atoms. The Morgan fingerprint density at radius 1 is 1.24 bits per heavy atom. The molecule has 0 saturated heterocycles. The molecule has 0 atom stereocenters. The van der Waals surface area contributed by atoms with E-state index in [1.54, 1.807) is 22.7 Å². The van der Waals surface area contributed by atoms with E-state index in [-0.39, 0.29) is 0 Å². The van der Waals surface area contributed by atoms with Crippen LogP contribution in [0.15, 0.2) is 10.8 Å². The van der Waals surface area contributed by atoms with Crippen molar-refractivity contribution in [3.63, 3.8) is 0 Å². The number of rotatable bonds is 5. The first-order valence-electron chi connectivity index (χ1n) is 5.40. The predicted octanol–water partition coefficient (Wildman–Crippen LogP) is 2.26. The maximum atomic E-state index is 4.56. The lowest BCUT2D eigenvalue weighted by Crippen LogP contribution is -2.16. The molecular formula is C11H16N4S2. The fourth-order valence-electron chi connectivity index (χ4n) is 1.53. The molecule has 0 fully saturated rings. The minimum Gasteiger partial charge on any atom is -0.345 e. The zero-order chi connectivity index (χ0) is 12.3. The predicted molar refractivity (Wildman–Crippen MR) is 73.8 cm³/mol.